The van der Waals surface area contributed by atoms with E-state index in [9.17, 15) is 9.59 Å². The number of nitrogens with one attached hydrogen (secondary N) is 2. The zero-order chi connectivity index (χ0) is 23.3. The van der Waals surface area contributed by atoms with Crippen LogP contribution in [0.15, 0.2) is 54.7 Å². The molecule has 0 aliphatic rings. The Morgan fingerprint density at radius 3 is 2.53 bits per heavy atom. The maximum absolute atomic E-state index is 13.1. The van der Waals surface area contributed by atoms with Gasteiger partial charge in [-0.05, 0) is 38.5 Å². The Morgan fingerprint density at radius 2 is 1.88 bits per heavy atom. The van der Waals surface area contributed by atoms with Crippen molar-refractivity contribution in [3.63, 3.8) is 0 Å². The third-order valence-electron chi connectivity index (χ3n) is 4.44. The standard InChI is InChI=1S/C23H26ClN5O3/c1-23(2,3)32-22(31)26-18(12-15-8-6-5-7-9-15)21(30)27-20-14-17(28-29(20)4)16-10-11-25-19(24)13-16/h5-11,13-14,18H,12H2,1-4H3,(H,26,31)(H,27,30). The van der Waals surface area contributed by atoms with Crippen LogP contribution in [0.25, 0.3) is 11.3 Å². The van der Waals surface area contributed by atoms with Crippen LogP contribution in [0.2, 0.25) is 5.15 Å². The summed E-state index contributed by atoms with van der Waals surface area (Å²) in [6.45, 7) is 5.30. The van der Waals surface area contributed by atoms with Gasteiger partial charge in [-0.3, -0.25) is 9.48 Å². The van der Waals surface area contributed by atoms with Crippen molar-refractivity contribution in [3.05, 3.63) is 65.4 Å². The molecule has 2 aromatic heterocycles. The van der Waals surface area contributed by atoms with Crippen molar-refractivity contribution in [2.45, 2.75) is 38.8 Å². The second kappa shape index (κ2) is 9.82. The molecule has 2 amide bonds. The largest absolute Gasteiger partial charge is 0.444 e. The van der Waals surface area contributed by atoms with E-state index in [2.05, 4.69) is 20.7 Å². The molecule has 0 spiro atoms. The molecule has 0 bridgehead atoms. The monoisotopic (exact) mass is 455 g/mol. The molecule has 2 N–H and O–H groups in total. The van der Waals surface area contributed by atoms with E-state index >= 15 is 0 Å². The molecule has 0 aliphatic heterocycles. The highest BCUT2D eigenvalue weighted by Crippen LogP contribution is 2.23. The van der Waals surface area contributed by atoms with E-state index in [0.717, 1.165) is 11.1 Å². The number of anilines is 1. The van der Waals surface area contributed by atoms with E-state index in [1.807, 2.05) is 30.3 Å². The van der Waals surface area contributed by atoms with Crippen molar-refractivity contribution < 1.29 is 14.3 Å². The van der Waals surface area contributed by atoms with Crippen molar-refractivity contribution in [1.82, 2.24) is 20.1 Å². The first kappa shape index (κ1) is 23.3. The quantitative estimate of drug-likeness (QED) is 0.542. The number of halogens is 1. The number of aryl methyl sites for hydroxylation is 1. The van der Waals surface area contributed by atoms with E-state index in [1.165, 1.54) is 0 Å². The van der Waals surface area contributed by atoms with Crippen molar-refractivity contribution in [3.8, 4) is 11.3 Å². The smallest absolute Gasteiger partial charge is 0.408 e. The summed E-state index contributed by atoms with van der Waals surface area (Å²) < 4.78 is 6.89. The van der Waals surface area contributed by atoms with Crippen LogP contribution < -0.4 is 10.6 Å². The molecule has 1 atom stereocenters. The van der Waals surface area contributed by atoms with E-state index in [1.54, 1.807) is 56.9 Å². The Kier molecular flexibility index (Phi) is 7.15. The fourth-order valence-electron chi connectivity index (χ4n) is 3.01. The highest BCUT2D eigenvalue weighted by Gasteiger charge is 2.25. The highest BCUT2D eigenvalue weighted by atomic mass is 35.5. The van der Waals surface area contributed by atoms with Gasteiger partial charge >= 0.3 is 6.09 Å². The maximum Gasteiger partial charge on any atom is 0.408 e. The lowest BCUT2D eigenvalue weighted by Crippen LogP contribution is -2.47. The molecule has 168 valence electrons. The first-order valence-corrected chi connectivity index (χ1v) is 10.5. The Balaban J connectivity index is 1.79. The Morgan fingerprint density at radius 1 is 1.16 bits per heavy atom. The molecule has 0 saturated carbocycles. The van der Waals surface area contributed by atoms with E-state index in [-0.39, 0.29) is 5.91 Å². The predicted octanol–water partition coefficient (Wildman–Crippen LogP) is 4.21. The van der Waals surface area contributed by atoms with Crippen molar-refractivity contribution in [2.24, 2.45) is 7.05 Å². The van der Waals surface area contributed by atoms with Crippen molar-refractivity contribution in [1.29, 1.82) is 0 Å². The molecule has 1 aromatic carbocycles. The fourth-order valence-corrected chi connectivity index (χ4v) is 3.18. The van der Waals surface area contributed by atoms with Gasteiger partial charge < -0.3 is 15.4 Å². The van der Waals surface area contributed by atoms with Gasteiger partial charge in [-0.1, -0.05) is 41.9 Å². The molecule has 1 unspecified atom stereocenters. The first-order valence-electron chi connectivity index (χ1n) is 10.1. The number of amides is 2. The Bertz CT molecular complexity index is 1090. The Hall–Kier alpha value is -3.39. The number of carbonyl (C=O) groups is 2. The van der Waals surface area contributed by atoms with Crippen LogP contribution >= 0.6 is 11.6 Å². The molecule has 2 heterocycles. The topological polar surface area (TPSA) is 98.1 Å². The normalized spacial score (nSPS) is 12.2. The molecule has 3 rings (SSSR count). The summed E-state index contributed by atoms with van der Waals surface area (Å²) in [6, 6.07) is 13.8. The maximum atomic E-state index is 13.1. The summed E-state index contributed by atoms with van der Waals surface area (Å²) in [7, 11) is 1.72. The summed E-state index contributed by atoms with van der Waals surface area (Å²) in [4.78, 5) is 29.4. The van der Waals surface area contributed by atoms with Gasteiger partial charge in [0.15, 0.2) is 0 Å². The average Bonchev–Trinajstić information content (AvgIpc) is 3.07. The molecule has 0 fully saturated rings. The van der Waals surface area contributed by atoms with Crippen LogP contribution in [0.1, 0.15) is 26.3 Å². The van der Waals surface area contributed by atoms with Crippen LogP contribution in [0.4, 0.5) is 10.6 Å². The van der Waals surface area contributed by atoms with Gasteiger partial charge in [0.2, 0.25) is 5.91 Å². The molecular formula is C23H26ClN5O3. The predicted molar refractivity (Wildman–Crippen MR) is 123 cm³/mol. The first-order chi connectivity index (χ1) is 15.1. The van der Waals surface area contributed by atoms with E-state index in [0.29, 0.717) is 23.1 Å². The highest BCUT2D eigenvalue weighted by molar-refractivity contribution is 6.29. The number of rotatable bonds is 6. The van der Waals surface area contributed by atoms with Gasteiger partial charge in [0.05, 0.1) is 5.69 Å². The van der Waals surface area contributed by atoms with Crippen LogP contribution in [-0.2, 0) is 23.0 Å². The SMILES string of the molecule is Cn1nc(-c2ccnc(Cl)c2)cc1NC(=O)C(Cc1ccccc1)NC(=O)OC(C)(C)C. The molecule has 0 aliphatic carbocycles. The lowest BCUT2D eigenvalue weighted by Gasteiger charge is -2.23. The number of carbonyl (C=O) groups excluding carboxylic acids is 2. The number of pyridine rings is 1. The van der Waals surface area contributed by atoms with Gasteiger partial charge in [0, 0.05) is 31.3 Å². The number of nitrogens with zero attached hydrogens (tertiary/aromatic N) is 3. The van der Waals surface area contributed by atoms with Crippen molar-refractivity contribution >= 4 is 29.4 Å². The van der Waals surface area contributed by atoms with Gasteiger partial charge in [-0.25, -0.2) is 9.78 Å². The van der Waals surface area contributed by atoms with Crippen LogP contribution in [-0.4, -0.2) is 38.4 Å². The summed E-state index contributed by atoms with van der Waals surface area (Å²) in [5, 5.41) is 10.3. The van der Waals surface area contributed by atoms with Gasteiger partial charge in [-0.15, -0.1) is 0 Å². The number of hydrogen-bond acceptors (Lipinski definition) is 5. The fraction of sp³-hybridized carbons (Fsp3) is 0.304. The van der Waals surface area contributed by atoms with Crippen molar-refractivity contribution in [2.75, 3.05) is 5.32 Å². The lowest BCUT2D eigenvalue weighted by atomic mass is 10.1. The molecule has 0 saturated heterocycles. The van der Waals surface area contributed by atoms with Gasteiger partial charge in [0.1, 0.15) is 22.6 Å². The molecule has 3 aromatic rings. The molecule has 8 nitrogen and oxygen atoms in total. The van der Waals surface area contributed by atoms with Crippen LogP contribution in [0, 0.1) is 0 Å². The minimum atomic E-state index is -0.846. The molecular weight excluding hydrogens is 430 g/mol. The lowest BCUT2D eigenvalue weighted by molar-refractivity contribution is -0.118. The summed E-state index contributed by atoms with van der Waals surface area (Å²) in [5.41, 5.74) is 1.63. The van der Waals surface area contributed by atoms with E-state index in [4.69, 9.17) is 16.3 Å². The second-order valence-electron chi connectivity index (χ2n) is 8.28. The molecule has 9 heteroatoms. The van der Waals surface area contributed by atoms with Gasteiger partial charge in [0.25, 0.3) is 0 Å². The average molecular weight is 456 g/mol. The van der Waals surface area contributed by atoms with Crippen LogP contribution in [0.3, 0.4) is 0 Å². The minimum absolute atomic E-state index is 0.302. The third-order valence-corrected chi connectivity index (χ3v) is 4.65. The van der Waals surface area contributed by atoms with Crippen LogP contribution in [0.5, 0.6) is 0 Å². The summed E-state index contributed by atoms with van der Waals surface area (Å²) >= 11 is 5.97. The number of benzene rings is 1. The number of alkyl carbamates (subject to hydrolysis) is 1. The molecule has 0 radical (unpaired) electrons. The Labute approximate surface area is 191 Å². The third kappa shape index (κ3) is 6.55. The number of aromatic nitrogens is 3. The minimum Gasteiger partial charge on any atom is -0.444 e. The number of ether oxygens (including phenoxy) is 1. The van der Waals surface area contributed by atoms with E-state index < -0.39 is 17.7 Å². The summed E-state index contributed by atoms with van der Waals surface area (Å²) in [6.07, 6.45) is 1.23. The zero-order valence-corrected chi connectivity index (χ0v) is 19.2. The zero-order valence-electron chi connectivity index (χ0n) is 18.4. The second-order valence-corrected chi connectivity index (χ2v) is 8.67. The molecule has 32 heavy (non-hydrogen) atoms. The van der Waals surface area contributed by atoms with Gasteiger partial charge in [-0.2, -0.15) is 5.10 Å². The summed E-state index contributed by atoms with van der Waals surface area (Å²) in [5.74, 6) is 0.0870. The number of hydrogen-bond donors (Lipinski definition) is 2.